The molecule has 1 N–H and O–H groups in total. The second-order valence-corrected chi connectivity index (χ2v) is 4.71. The summed E-state index contributed by atoms with van der Waals surface area (Å²) in [5.74, 6) is 3.12. The third-order valence-corrected chi connectivity index (χ3v) is 3.69. The van der Waals surface area contributed by atoms with Gasteiger partial charge in [-0.15, -0.1) is 0 Å². The average molecular weight is 154 g/mol. The fourth-order valence-electron chi connectivity index (χ4n) is 3.13. The van der Waals surface area contributed by atoms with Crippen molar-refractivity contribution in [2.45, 2.75) is 39.2 Å². The van der Waals surface area contributed by atoms with E-state index in [1.54, 1.807) is 0 Å². The Morgan fingerprint density at radius 2 is 1.91 bits per heavy atom. The van der Waals surface area contributed by atoms with Crippen molar-refractivity contribution >= 4 is 0 Å². The molecule has 2 saturated carbocycles. The summed E-state index contributed by atoms with van der Waals surface area (Å²) in [6.07, 6.45) is 3.83. The van der Waals surface area contributed by atoms with Crippen molar-refractivity contribution in [2.24, 2.45) is 23.7 Å². The van der Waals surface area contributed by atoms with Gasteiger partial charge in [0, 0.05) is 0 Å². The van der Waals surface area contributed by atoms with Crippen molar-refractivity contribution in [1.82, 2.24) is 0 Å². The highest BCUT2D eigenvalue weighted by atomic mass is 16.3. The van der Waals surface area contributed by atoms with Gasteiger partial charge in [0.2, 0.25) is 0 Å². The molecule has 0 aliphatic heterocycles. The molecule has 1 heteroatoms. The first-order valence-corrected chi connectivity index (χ1v) is 4.86. The van der Waals surface area contributed by atoms with Crippen molar-refractivity contribution < 1.29 is 5.11 Å². The maximum absolute atomic E-state index is 9.64. The third kappa shape index (κ3) is 1.10. The SMILES string of the molecule is CC(C)C1CC2CC(O)C1C2. The lowest BCUT2D eigenvalue weighted by Crippen LogP contribution is -2.27. The molecule has 64 valence electrons. The number of hydrogen-bond acceptors (Lipinski definition) is 1. The number of aliphatic hydroxyl groups is 1. The molecule has 0 radical (unpaired) electrons. The largest absolute Gasteiger partial charge is 0.393 e. The van der Waals surface area contributed by atoms with Crippen molar-refractivity contribution in [3.8, 4) is 0 Å². The maximum Gasteiger partial charge on any atom is 0.0573 e. The summed E-state index contributed by atoms with van der Waals surface area (Å²) in [7, 11) is 0. The van der Waals surface area contributed by atoms with Crippen LogP contribution in [0.1, 0.15) is 33.1 Å². The zero-order valence-electron chi connectivity index (χ0n) is 7.46. The van der Waals surface area contributed by atoms with Gasteiger partial charge >= 0.3 is 0 Å². The molecule has 0 aromatic carbocycles. The minimum absolute atomic E-state index is 0.0427. The van der Waals surface area contributed by atoms with Gasteiger partial charge in [-0.3, -0.25) is 0 Å². The highest BCUT2D eigenvalue weighted by Gasteiger charge is 2.46. The van der Waals surface area contributed by atoms with E-state index in [9.17, 15) is 5.11 Å². The number of hydrogen-bond donors (Lipinski definition) is 1. The third-order valence-electron chi connectivity index (χ3n) is 3.69. The first kappa shape index (κ1) is 7.60. The van der Waals surface area contributed by atoms with Crippen LogP contribution in [0.3, 0.4) is 0 Å². The molecular formula is C10H18O. The molecule has 4 unspecified atom stereocenters. The molecule has 2 bridgehead atoms. The van der Waals surface area contributed by atoms with Crippen molar-refractivity contribution in [2.75, 3.05) is 0 Å². The van der Waals surface area contributed by atoms with Crippen molar-refractivity contribution in [1.29, 1.82) is 0 Å². The van der Waals surface area contributed by atoms with Crippen molar-refractivity contribution in [3.63, 3.8) is 0 Å². The molecule has 0 spiro atoms. The minimum Gasteiger partial charge on any atom is -0.393 e. The van der Waals surface area contributed by atoms with E-state index in [1.807, 2.05) is 0 Å². The molecule has 2 aliphatic rings. The minimum atomic E-state index is 0.0427. The van der Waals surface area contributed by atoms with Crippen LogP contribution in [0.15, 0.2) is 0 Å². The maximum atomic E-state index is 9.64. The summed E-state index contributed by atoms with van der Waals surface area (Å²) in [6, 6.07) is 0. The van der Waals surface area contributed by atoms with Crippen LogP contribution in [0, 0.1) is 23.7 Å². The second kappa shape index (κ2) is 2.48. The van der Waals surface area contributed by atoms with Gasteiger partial charge < -0.3 is 5.11 Å². The van der Waals surface area contributed by atoms with Crippen LogP contribution in [0.4, 0.5) is 0 Å². The summed E-state index contributed by atoms with van der Waals surface area (Å²) in [4.78, 5) is 0. The number of rotatable bonds is 1. The first-order valence-electron chi connectivity index (χ1n) is 4.86. The van der Waals surface area contributed by atoms with Crippen LogP contribution in [-0.4, -0.2) is 11.2 Å². The summed E-state index contributed by atoms with van der Waals surface area (Å²) >= 11 is 0. The van der Waals surface area contributed by atoms with E-state index in [2.05, 4.69) is 13.8 Å². The Balaban J connectivity index is 2.06. The smallest absolute Gasteiger partial charge is 0.0573 e. The highest BCUT2D eigenvalue weighted by molar-refractivity contribution is 4.96. The lowest BCUT2D eigenvalue weighted by Gasteiger charge is -2.28. The van der Waals surface area contributed by atoms with Gasteiger partial charge in [-0.25, -0.2) is 0 Å². The average Bonchev–Trinajstić information content (AvgIpc) is 2.43. The summed E-state index contributed by atoms with van der Waals surface area (Å²) in [6.45, 7) is 4.58. The van der Waals surface area contributed by atoms with E-state index in [0.29, 0.717) is 5.92 Å². The predicted octanol–water partition coefficient (Wildman–Crippen LogP) is 2.05. The lowest BCUT2D eigenvalue weighted by atomic mass is 9.80. The monoisotopic (exact) mass is 154 g/mol. The fraction of sp³-hybridized carbons (Fsp3) is 1.00. The van der Waals surface area contributed by atoms with Crippen LogP contribution in [0.5, 0.6) is 0 Å². The normalized spacial score (nSPS) is 49.1. The van der Waals surface area contributed by atoms with E-state index in [0.717, 1.165) is 24.2 Å². The van der Waals surface area contributed by atoms with Crippen LogP contribution >= 0.6 is 0 Å². The molecule has 2 fully saturated rings. The van der Waals surface area contributed by atoms with Crippen molar-refractivity contribution in [3.05, 3.63) is 0 Å². The zero-order valence-corrected chi connectivity index (χ0v) is 7.46. The van der Waals surface area contributed by atoms with Gasteiger partial charge in [0.1, 0.15) is 0 Å². The van der Waals surface area contributed by atoms with E-state index < -0.39 is 0 Å². The van der Waals surface area contributed by atoms with Gasteiger partial charge in [0.05, 0.1) is 6.10 Å². The molecule has 0 amide bonds. The lowest BCUT2D eigenvalue weighted by molar-refractivity contribution is 0.0647. The number of fused-ring (bicyclic) bond motifs is 2. The Labute approximate surface area is 68.8 Å². The van der Waals surface area contributed by atoms with Gasteiger partial charge in [-0.05, 0) is 42.9 Å². The Morgan fingerprint density at radius 3 is 2.27 bits per heavy atom. The second-order valence-electron chi connectivity index (χ2n) is 4.71. The highest BCUT2D eigenvalue weighted by Crippen LogP contribution is 2.50. The predicted molar refractivity (Wildman–Crippen MR) is 45.2 cm³/mol. The topological polar surface area (TPSA) is 20.2 Å². The van der Waals surface area contributed by atoms with E-state index in [1.165, 1.54) is 12.8 Å². The molecule has 4 atom stereocenters. The van der Waals surface area contributed by atoms with Gasteiger partial charge in [0.25, 0.3) is 0 Å². The Hall–Kier alpha value is -0.0400. The van der Waals surface area contributed by atoms with E-state index in [-0.39, 0.29) is 6.10 Å². The number of aliphatic hydroxyl groups excluding tert-OH is 1. The van der Waals surface area contributed by atoms with Crippen LogP contribution in [0.2, 0.25) is 0 Å². The molecule has 0 heterocycles. The van der Waals surface area contributed by atoms with Gasteiger partial charge in [0.15, 0.2) is 0 Å². The standard InChI is InChI=1S/C10H18O/c1-6(2)8-3-7-4-9(8)10(11)5-7/h6-11H,3-5H2,1-2H3. The van der Waals surface area contributed by atoms with Crippen LogP contribution < -0.4 is 0 Å². The summed E-state index contributed by atoms with van der Waals surface area (Å²) in [5, 5.41) is 9.64. The molecule has 11 heavy (non-hydrogen) atoms. The van der Waals surface area contributed by atoms with Crippen LogP contribution in [-0.2, 0) is 0 Å². The first-order chi connectivity index (χ1) is 5.18. The molecule has 2 rings (SSSR count). The molecule has 0 aromatic rings. The van der Waals surface area contributed by atoms with E-state index >= 15 is 0 Å². The molecule has 0 aromatic heterocycles. The van der Waals surface area contributed by atoms with Crippen LogP contribution in [0.25, 0.3) is 0 Å². The summed E-state index contributed by atoms with van der Waals surface area (Å²) in [5.41, 5.74) is 0. The van der Waals surface area contributed by atoms with E-state index in [4.69, 9.17) is 0 Å². The summed E-state index contributed by atoms with van der Waals surface area (Å²) < 4.78 is 0. The Kier molecular flexibility index (Phi) is 1.71. The molecule has 2 aliphatic carbocycles. The molecule has 1 nitrogen and oxygen atoms in total. The van der Waals surface area contributed by atoms with Gasteiger partial charge in [-0.2, -0.15) is 0 Å². The zero-order chi connectivity index (χ0) is 8.01. The Morgan fingerprint density at radius 1 is 1.18 bits per heavy atom. The molecule has 0 saturated heterocycles. The molecular weight excluding hydrogens is 136 g/mol. The quantitative estimate of drug-likeness (QED) is 0.613. The fourth-order valence-corrected chi connectivity index (χ4v) is 3.13. The van der Waals surface area contributed by atoms with Gasteiger partial charge in [-0.1, -0.05) is 13.8 Å². The Bertz CT molecular complexity index is 153.